The Bertz CT molecular complexity index is 1220. The zero-order valence-electron chi connectivity index (χ0n) is 18.8. The van der Waals surface area contributed by atoms with Gasteiger partial charge in [0.2, 0.25) is 0 Å². The third-order valence-corrected chi connectivity index (χ3v) is 6.33. The minimum absolute atomic E-state index is 0.0118. The quantitative estimate of drug-likeness (QED) is 0.431. The standard InChI is InChI=1S/C28H28N4O/c1-22-18-31(28(33)32-20-27(29-21-32)25-12-6-3-7-13-25)16-15-30(22)19-23-9-8-14-26(17-23)24-10-4-2-5-11-24/h2-14,17,20-22H,15-16,18-19H2,1H3/t22-/m0/s1. The first kappa shape index (κ1) is 21.2. The summed E-state index contributed by atoms with van der Waals surface area (Å²) in [7, 11) is 0. The molecule has 5 rings (SSSR count). The number of carbonyl (C=O) groups is 1. The second kappa shape index (κ2) is 9.43. The Kier molecular flexibility index (Phi) is 6.05. The highest BCUT2D eigenvalue weighted by Crippen LogP contribution is 2.22. The van der Waals surface area contributed by atoms with Crippen LogP contribution >= 0.6 is 0 Å². The van der Waals surface area contributed by atoms with Crippen LogP contribution < -0.4 is 0 Å². The van der Waals surface area contributed by atoms with Crippen LogP contribution in [0.4, 0.5) is 4.79 Å². The molecule has 0 aliphatic carbocycles. The van der Waals surface area contributed by atoms with Gasteiger partial charge in [-0.05, 0) is 29.7 Å². The highest BCUT2D eigenvalue weighted by molar-refractivity contribution is 5.78. The molecule has 1 saturated heterocycles. The summed E-state index contributed by atoms with van der Waals surface area (Å²) in [4.78, 5) is 21.9. The Hall–Kier alpha value is -3.70. The van der Waals surface area contributed by atoms with Gasteiger partial charge in [-0.15, -0.1) is 0 Å². The summed E-state index contributed by atoms with van der Waals surface area (Å²) >= 11 is 0. The number of benzene rings is 3. The summed E-state index contributed by atoms with van der Waals surface area (Å²) in [5.41, 5.74) is 5.60. The molecule has 5 heteroatoms. The average molecular weight is 437 g/mol. The minimum Gasteiger partial charge on any atom is -0.321 e. The van der Waals surface area contributed by atoms with Crippen LogP contribution in [0.2, 0.25) is 0 Å². The van der Waals surface area contributed by atoms with Crippen LogP contribution in [0.3, 0.4) is 0 Å². The molecule has 1 aromatic heterocycles. The van der Waals surface area contributed by atoms with Crippen molar-refractivity contribution in [3.05, 3.63) is 103 Å². The zero-order valence-corrected chi connectivity index (χ0v) is 18.8. The highest BCUT2D eigenvalue weighted by Gasteiger charge is 2.27. The van der Waals surface area contributed by atoms with Gasteiger partial charge in [0.15, 0.2) is 0 Å². The van der Waals surface area contributed by atoms with E-state index in [0.717, 1.165) is 24.3 Å². The Morgan fingerprint density at radius 2 is 1.58 bits per heavy atom. The second-order valence-electron chi connectivity index (χ2n) is 8.65. The summed E-state index contributed by atoms with van der Waals surface area (Å²) in [6.07, 6.45) is 3.45. The van der Waals surface area contributed by atoms with Crippen LogP contribution in [0.5, 0.6) is 0 Å². The lowest BCUT2D eigenvalue weighted by Crippen LogP contribution is -2.53. The number of nitrogens with zero attached hydrogens (tertiary/aromatic N) is 4. The Labute approximate surface area is 194 Å². The van der Waals surface area contributed by atoms with E-state index in [-0.39, 0.29) is 12.1 Å². The Morgan fingerprint density at radius 3 is 2.30 bits per heavy atom. The molecule has 166 valence electrons. The predicted molar refractivity (Wildman–Crippen MR) is 132 cm³/mol. The first-order valence-corrected chi connectivity index (χ1v) is 11.4. The van der Waals surface area contributed by atoms with Crippen molar-refractivity contribution >= 4 is 6.03 Å². The minimum atomic E-state index is -0.0118. The van der Waals surface area contributed by atoms with Crippen LogP contribution in [-0.4, -0.2) is 51.1 Å². The third-order valence-electron chi connectivity index (χ3n) is 6.33. The largest absolute Gasteiger partial charge is 0.329 e. The summed E-state index contributed by atoms with van der Waals surface area (Å²) in [5.74, 6) is 0. The number of rotatable bonds is 4. The second-order valence-corrected chi connectivity index (χ2v) is 8.65. The van der Waals surface area contributed by atoms with Gasteiger partial charge in [0.1, 0.15) is 6.33 Å². The van der Waals surface area contributed by atoms with Crippen LogP contribution in [0, 0.1) is 0 Å². The SMILES string of the molecule is C[C@H]1CN(C(=O)n2cnc(-c3ccccc3)c2)CCN1Cc1cccc(-c2ccccc2)c1. The third kappa shape index (κ3) is 4.73. The number of imidazole rings is 1. The molecule has 0 unspecified atom stereocenters. The van der Waals surface area contributed by atoms with Gasteiger partial charge in [0.25, 0.3) is 0 Å². The molecule has 0 N–H and O–H groups in total. The van der Waals surface area contributed by atoms with Crippen molar-refractivity contribution < 1.29 is 4.79 Å². The van der Waals surface area contributed by atoms with E-state index < -0.39 is 0 Å². The lowest BCUT2D eigenvalue weighted by molar-refractivity contribution is 0.0931. The van der Waals surface area contributed by atoms with Crippen LogP contribution in [0.25, 0.3) is 22.4 Å². The van der Waals surface area contributed by atoms with Gasteiger partial charge in [-0.3, -0.25) is 9.47 Å². The lowest BCUT2D eigenvalue weighted by atomic mass is 10.0. The fourth-order valence-electron chi connectivity index (χ4n) is 4.47. The normalized spacial score (nSPS) is 16.6. The molecular weight excluding hydrogens is 408 g/mol. The summed E-state index contributed by atoms with van der Waals surface area (Å²) in [6.45, 7) is 5.34. The molecule has 0 radical (unpaired) electrons. The number of carbonyl (C=O) groups excluding carboxylic acids is 1. The molecule has 0 saturated carbocycles. The van der Waals surface area contributed by atoms with Crippen LogP contribution in [-0.2, 0) is 6.54 Å². The van der Waals surface area contributed by atoms with Gasteiger partial charge in [0, 0.05) is 44.0 Å². The molecule has 4 aromatic rings. The van der Waals surface area contributed by atoms with Crippen molar-refractivity contribution in [2.45, 2.75) is 19.5 Å². The first-order chi connectivity index (χ1) is 16.2. The molecule has 2 heterocycles. The maximum Gasteiger partial charge on any atom is 0.329 e. The molecule has 0 spiro atoms. The smallest absolute Gasteiger partial charge is 0.321 e. The van der Waals surface area contributed by atoms with Gasteiger partial charge < -0.3 is 4.90 Å². The average Bonchev–Trinajstić information content (AvgIpc) is 3.37. The maximum absolute atomic E-state index is 13.1. The van der Waals surface area contributed by atoms with Crippen molar-refractivity contribution in [3.63, 3.8) is 0 Å². The maximum atomic E-state index is 13.1. The summed E-state index contributed by atoms with van der Waals surface area (Å²) in [5, 5.41) is 0. The monoisotopic (exact) mass is 436 g/mol. The molecule has 5 nitrogen and oxygen atoms in total. The number of piperazine rings is 1. The molecular formula is C28H28N4O. The number of amides is 1. The highest BCUT2D eigenvalue weighted by atomic mass is 16.2. The number of hydrogen-bond donors (Lipinski definition) is 0. The molecule has 33 heavy (non-hydrogen) atoms. The summed E-state index contributed by atoms with van der Waals surface area (Å²) in [6, 6.07) is 29.4. The molecule has 1 fully saturated rings. The van der Waals surface area contributed by atoms with Gasteiger partial charge in [0.05, 0.1) is 5.69 Å². The Balaban J connectivity index is 1.23. The van der Waals surface area contributed by atoms with Gasteiger partial charge in [-0.25, -0.2) is 9.78 Å². The zero-order chi connectivity index (χ0) is 22.6. The summed E-state index contributed by atoms with van der Waals surface area (Å²) < 4.78 is 1.61. The van der Waals surface area contributed by atoms with Crippen molar-refractivity contribution in [2.75, 3.05) is 19.6 Å². The Morgan fingerprint density at radius 1 is 0.879 bits per heavy atom. The molecule has 0 bridgehead atoms. The molecule has 1 aliphatic rings. The van der Waals surface area contributed by atoms with Crippen LogP contribution in [0.1, 0.15) is 12.5 Å². The van der Waals surface area contributed by atoms with Crippen molar-refractivity contribution in [3.8, 4) is 22.4 Å². The van der Waals surface area contributed by atoms with Crippen LogP contribution in [0.15, 0.2) is 97.5 Å². The molecule has 1 amide bonds. The first-order valence-electron chi connectivity index (χ1n) is 11.4. The van der Waals surface area contributed by atoms with E-state index in [9.17, 15) is 4.79 Å². The van der Waals surface area contributed by atoms with Gasteiger partial charge in [-0.1, -0.05) is 78.9 Å². The van der Waals surface area contributed by atoms with Crippen molar-refractivity contribution in [1.82, 2.24) is 19.4 Å². The predicted octanol–water partition coefficient (Wildman–Crippen LogP) is 5.39. The fourth-order valence-corrected chi connectivity index (χ4v) is 4.47. The van der Waals surface area contributed by atoms with E-state index >= 15 is 0 Å². The van der Waals surface area contributed by atoms with E-state index in [4.69, 9.17) is 0 Å². The van der Waals surface area contributed by atoms with Gasteiger partial charge >= 0.3 is 6.03 Å². The van der Waals surface area contributed by atoms with E-state index in [2.05, 4.69) is 65.3 Å². The number of hydrogen-bond acceptors (Lipinski definition) is 3. The number of aromatic nitrogens is 2. The lowest BCUT2D eigenvalue weighted by Gasteiger charge is -2.39. The molecule has 1 atom stereocenters. The fraction of sp³-hybridized carbons (Fsp3) is 0.214. The van der Waals surface area contributed by atoms with E-state index in [0.29, 0.717) is 13.1 Å². The van der Waals surface area contributed by atoms with E-state index in [1.54, 1.807) is 10.9 Å². The van der Waals surface area contributed by atoms with E-state index in [1.807, 2.05) is 47.5 Å². The van der Waals surface area contributed by atoms with E-state index in [1.165, 1.54) is 16.7 Å². The van der Waals surface area contributed by atoms with Crippen molar-refractivity contribution in [2.24, 2.45) is 0 Å². The van der Waals surface area contributed by atoms with Gasteiger partial charge in [-0.2, -0.15) is 0 Å². The topological polar surface area (TPSA) is 41.4 Å². The molecule has 1 aliphatic heterocycles. The van der Waals surface area contributed by atoms with Crippen molar-refractivity contribution in [1.29, 1.82) is 0 Å². The molecule has 3 aromatic carbocycles.